The normalized spacial score (nSPS) is 10.5. The Labute approximate surface area is 107 Å². The fraction of sp³-hybridized carbons (Fsp3) is 0.182. The van der Waals surface area contributed by atoms with Crippen molar-refractivity contribution in [3.63, 3.8) is 0 Å². The fourth-order valence-corrected chi connectivity index (χ4v) is 1.75. The molecule has 6 heteroatoms. The summed E-state index contributed by atoms with van der Waals surface area (Å²) < 4.78 is 2.67. The van der Waals surface area contributed by atoms with Crippen LogP contribution in [-0.2, 0) is 0 Å². The summed E-state index contributed by atoms with van der Waals surface area (Å²) in [5.74, 6) is 0.167. The number of halogens is 1. The van der Waals surface area contributed by atoms with E-state index in [0.29, 0.717) is 11.4 Å². The van der Waals surface area contributed by atoms with E-state index in [9.17, 15) is 4.79 Å². The van der Waals surface area contributed by atoms with Gasteiger partial charge in [0.25, 0.3) is 0 Å². The molecule has 0 atom stereocenters. The van der Waals surface area contributed by atoms with Gasteiger partial charge in [-0.05, 0) is 41.9 Å². The van der Waals surface area contributed by atoms with E-state index in [1.54, 1.807) is 16.8 Å². The van der Waals surface area contributed by atoms with Crippen LogP contribution in [0.15, 0.2) is 22.8 Å². The zero-order chi connectivity index (χ0) is 12.6. The van der Waals surface area contributed by atoms with Crippen molar-refractivity contribution < 1.29 is 4.79 Å². The molecule has 0 fully saturated rings. The Balaban J connectivity index is 2.47. The van der Waals surface area contributed by atoms with Crippen molar-refractivity contribution in [2.75, 3.05) is 0 Å². The van der Waals surface area contributed by atoms with Crippen LogP contribution in [0, 0.1) is 13.8 Å². The van der Waals surface area contributed by atoms with Crippen LogP contribution in [0.25, 0.3) is 5.82 Å². The van der Waals surface area contributed by atoms with Crippen molar-refractivity contribution in [1.29, 1.82) is 0 Å². The Morgan fingerprint density at radius 1 is 1.41 bits per heavy atom. The molecule has 2 N–H and O–H groups in total. The van der Waals surface area contributed by atoms with Crippen LogP contribution in [0.3, 0.4) is 0 Å². The quantitative estimate of drug-likeness (QED) is 0.917. The number of aryl methyl sites for hydroxylation is 1. The maximum Gasteiger partial charge on any atom is 0.250 e. The first-order valence-corrected chi connectivity index (χ1v) is 5.78. The second kappa shape index (κ2) is 4.29. The third kappa shape index (κ3) is 2.08. The summed E-state index contributed by atoms with van der Waals surface area (Å²) in [4.78, 5) is 15.1. The molecule has 2 aromatic rings. The highest BCUT2D eigenvalue weighted by Crippen LogP contribution is 2.22. The zero-order valence-electron chi connectivity index (χ0n) is 9.44. The minimum atomic E-state index is -0.487. The molecule has 5 nitrogen and oxygen atoms in total. The van der Waals surface area contributed by atoms with Gasteiger partial charge in [-0.25, -0.2) is 9.67 Å². The lowest BCUT2D eigenvalue weighted by Gasteiger charge is -2.03. The van der Waals surface area contributed by atoms with E-state index >= 15 is 0 Å². The number of primary amides is 1. The van der Waals surface area contributed by atoms with E-state index in [2.05, 4.69) is 26.0 Å². The number of nitrogens with zero attached hydrogens (tertiary/aromatic N) is 3. The number of carbonyl (C=O) groups is 1. The van der Waals surface area contributed by atoms with E-state index in [4.69, 9.17) is 5.73 Å². The van der Waals surface area contributed by atoms with Crippen LogP contribution in [-0.4, -0.2) is 20.7 Å². The number of rotatable bonds is 2. The molecule has 0 unspecified atom stereocenters. The van der Waals surface area contributed by atoms with E-state index in [1.807, 2.05) is 13.8 Å². The molecular weight excluding hydrogens is 284 g/mol. The monoisotopic (exact) mass is 294 g/mol. The average molecular weight is 295 g/mol. The molecule has 0 spiro atoms. The lowest BCUT2D eigenvalue weighted by molar-refractivity contribution is 0.1000. The number of amides is 1. The molecule has 0 saturated carbocycles. The van der Waals surface area contributed by atoms with Crippen LogP contribution < -0.4 is 5.73 Å². The van der Waals surface area contributed by atoms with Gasteiger partial charge in [0, 0.05) is 6.20 Å². The number of carbonyl (C=O) groups excluding carboxylic acids is 1. The van der Waals surface area contributed by atoms with Gasteiger partial charge in [0.1, 0.15) is 0 Å². The molecule has 0 bridgehead atoms. The summed E-state index contributed by atoms with van der Waals surface area (Å²) in [6, 6.07) is 3.35. The van der Waals surface area contributed by atoms with Gasteiger partial charge in [-0.3, -0.25) is 4.79 Å². The first-order chi connectivity index (χ1) is 8.00. The smallest absolute Gasteiger partial charge is 0.250 e. The molecule has 1 amide bonds. The van der Waals surface area contributed by atoms with Gasteiger partial charge in [-0.2, -0.15) is 5.10 Å². The van der Waals surface area contributed by atoms with Gasteiger partial charge in [0.15, 0.2) is 5.82 Å². The third-order valence-corrected chi connectivity index (χ3v) is 3.60. The summed E-state index contributed by atoms with van der Waals surface area (Å²) in [5, 5.41) is 4.35. The number of nitrogens with two attached hydrogens (primary N) is 1. The maximum atomic E-state index is 10.9. The number of pyridine rings is 1. The van der Waals surface area contributed by atoms with Gasteiger partial charge >= 0.3 is 0 Å². The van der Waals surface area contributed by atoms with E-state index in [-0.39, 0.29) is 0 Å². The van der Waals surface area contributed by atoms with Crippen LogP contribution >= 0.6 is 15.9 Å². The zero-order valence-corrected chi connectivity index (χ0v) is 11.0. The summed E-state index contributed by atoms with van der Waals surface area (Å²) in [6.07, 6.45) is 1.45. The van der Waals surface area contributed by atoms with Crippen LogP contribution in [0.1, 0.15) is 21.7 Å². The second-order valence-corrected chi connectivity index (χ2v) is 4.46. The molecule has 0 aliphatic carbocycles. The minimum Gasteiger partial charge on any atom is -0.366 e. The SMILES string of the molecule is Cc1nn(-c2ccc(C(N)=O)cn2)c(C)c1Br. The van der Waals surface area contributed by atoms with Crippen LogP contribution in [0.4, 0.5) is 0 Å². The molecule has 17 heavy (non-hydrogen) atoms. The molecule has 0 aliphatic rings. The van der Waals surface area contributed by atoms with Gasteiger partial charge in [-0.1, -0.05) is 0 Å². The molecule has 2 aromatic heterocycles. The predicted octanol–water partition coefficient (Wildman–Crippen LogP) is 1.75. The molecule has 0 aromatic carbocycles. The Hall–Kier alpha value is -1.69. The predicted molar refractivity (Wildman–Crippen MR) is 67.1 cm³/mol. The van der Waals surface area contributed by atoms with Crippen molar-refractivity contribution in [1.82, 2.24) is 14.8 Å². The largest absolute Gasteiger partial charge is 0.366 e. The number of hydrogen-bond acceptors (Lipinski definition) is 3. The third-order valence-electron chi connectivity index (χ3n) is 2.45. The first kappa shape index (κ1) is 11.8. The van der Waals surface area contributed by atoms with E-state index in [0.717, 1.165) is 15.9 Å². The van der Waals surface area contributed by atoms with Crippen molar-refractivity contribution in [3.05, 3.63) is 39.8 Å². The minimum absolute atomic E-state index is 0.384. The van der Waals surface area contributed by atoms with Crippen molar-refractivity contribution in [2.45, 2.75) is 13.8 Å². The average Bonchev–Trinajstić information content (AvgIpc) is 2.57. The highest BCUT2D eigenvalue weighted by Gasteiger charge is 2.11. The lowest BCUT2D eigenvalue weighted by atomic mass is 10.3. The van der Waals surface area contributed by atoms with Crippen LogP contribution in [0.5, 0.6) is 0 Å². The summed E-state index contributed by atoms with van der Waals surface area (Å²) >= 11 is 3.45. The van der Waals surface area contributed by atoms with Crippen molar-refractivity contribution in [3.8, 4) is 5.82 Å². The summed E-state index contributed by atoms with van der Waals surface area (Å²) in [7, 11) is 0. The Kier molecular flexibility index (Phi) is 2.97. The number of aromatic nitrogens is 3. The Morgan fingerprint density at radius 2 is 2.12 bits per heavy atom. The van der Waals surface area contributed by atoms with Gasteiger partial charge in [-0.15, -0.1) is 0 Å². The highest BCUT2D eigenvalue weighted by atomic mass is 79.9. The second-order valence-electron chi connectivity index (χ2n) is 3.67. The number of hydrogen-bond donors (Lipinski definition) is 1. The standard InChI is InChI=1S/C11H11BrN4O/c1-6-10(12)7(2)16(15-6)9-4-3-8(5-14-9)11(13)17/h3-5H,1-2H3,(H2,13,17). The molecule has 2 rings (SSSR count). The molecule has 88 valence electrons. The molecule has 0 aliphatic heterocycles. The van der Waals surface area contributed by atoms with Crippen LogP contribution in [0.2, 0.25) is 0 Å². The first-order valence-electron chi connectivity index (χ1n) is 4.98. The Bertz CT molecular complexity index is 574. The van der Waals surface area contributed by atoms with Crippen molar-refractivity contribution in [2.24, 2.45) is 5.73 Å². The molecular formula is C11H11BrN4O. The highest BCUT2D eigenvalue weighted by molar-refractivity contribution is 9.10. The molecule has 0 radical (unpaired) electrons. The van der Waals surface area contributed by atoms with E-state index in [1.165, 1.54) is 6.20 Å². The Morgan fingerprint density at radius 3 is 2.53 bits per heavy atom. The van der Waals surface area contributed by atoms with Crippen molar-refractivity contribution >= 4 is 21.8 Å². The lowest BCUT2D eigenvalue weighted by Crippen LogP contribution is -2.12. The molecule has 0 saturated heterocycles. The molecule has 2 heterocycles. The van der Waals surface area contributed by atoms with Gasteiger partial charge in [0.05, 0.1) is 21.4 Å². The topological polar surface area (TPSA) is 73.8 Å². The summed E-state index contributed by atoms with van der Waals surface area (Å²) in [6.45, 7) is 3.85. The van der Waals surface area contributed by atoms with Gasteiger partial charge < -0.3 is 5.73 Å². The van der Waals surface area contributed by atoms with Gasteiger partial charge in [0.2, 0.25) is 5.91 Å². The maximum absolute atomic E-state index is 10.9. The fourth-order valence-electron chi connectivity index (χ4n) is 1.50. The summed E-state index contributed by atoms with van der Waals surface area (Å²) in [5.41, 5.74) is 7.39. The van der Waals surface area contributed by atoms with E-state index < -0.39 is 5.91 Å².